The summed E-state index contributed by atoms with van der Waals surface area (Å²) in [7, 11) is 0. The van der Waals surface area contributed by atoms with Crippen LogP contribution < -0.4 is 5.73 Å². The van der Waals surface area contributed by atoms with Crippen molar-refractivity contribution in [1.82, 2.24) is 9.80 Å². The third-order valence-electron chi connectivity index (χ3n) is 2.32. The molecule has 7 heteroatoms. The SMILES string of the molecule is CC(C)(C)OC(=O)N1CCN(CC(N)=O)C(=O)C1. The number of amides is 3. The van der Waals surface area contributed by atoms with Crippen molar-refractivity contribution in [2.75, 3.05) is 26.2 Å². The molecule has 18 heavy (non-hydrogen) atoms. The van der Waals surface area contributed by atoms with Crippen LogP contribution in [0.1, 0.15) is 20.8 Å². The number of carbonyl (C=O) groups is 3. The minimum absolute atomic E-state index is 0.0812. The Balaban J connectivity index is 2.53. The fourth-order valence-corrected chi connectivity index (χ4v) is 1.55. The second-order valence-corrected chi connectivity index (χ2v) is 5.18. The molecule has 0 aromatic rings. The molecule has 0 saturated carbocycles. The summed E-state index contributed by atoms with van der Waals surface area (Å²) in [4.78, 5) is 36.8. The fraction of sp³-hybridized carbons (Fsp3) is 0.727. The van der Waals surface area contributed by atoms with Crippen molar-refractivity contribution in [2.45, 2.75) is 26.4 Å². The minimum Gasteiger partial charge on any atom is -0.444 e. The Hall–Kier alpha value is -1.79. The van der Waals surface area contributed by atoms with Crippen LogP contribution in [0.15, 0.2) is 0 Å². The van der Waals surface area contributed by atoms with Crippen LogP contribution in [0.3, 0.4) is 0 Å². The Labute approximate surface area is 106 Å². The van der Waals surface area contributed by atoms with Gasteiger partial charge < -0.3 is 15.4 Å². The summed E-state index contributed by atoms with van der Waals surface area (Å²) in [5.41, 5.74) is 4.43. The quantitative estimate of drug-likeness (QED) is 0.725. The third kappa shape index (κ3) is 4.23. The second-order valence-electron chi connectivity index (χ2n) is 5.18. The Bertz CT molecular complexity index is 362. The molecule has 102 valence electrons. The molecule has 2 N–H and O–H groups in total. The molecule has 1 fully saturated rings. The standard InChI is InChI=1S/C11H19N3O4/c1-11(2,3)18-10(17)14-5-4-13(6-8(12)15)9(16)7-14/h4-7H2,1-3H3,(H2,12,15). The van der Waals surface area contributed by atoms with E-state index < -0.39 is 17.6 Å². The fourth-order valence-electron chi connectivity index (χ4n) is 1.55. The van der Waals surface area contributed by atoms with Gasteiger partial charge in [-0.25, -0.2) is 4.79 Å². The van der Waals surface area contributed by atoms with Crippen molar-refractivity contribution < 1.29 is 19.1 Å². The van der Waals surface area contributed by atoms with E-state index >= 15 is 0 Å². The van der Waals surface area contributed by atoms with Crippen molar-refractivity contribution >= 4 is 17.9 Å². The number of primary amides is 1. The maximum absolute atomic E-state index is 11.7. The molecule has 7 nitrogen and oxygen atoms in total. The first-order valence-electron chi connectivity index (χ1n) is 5.73. The Morgan fingerprint density at radius 2 is 1.94 bits per heavy atom. The van der Waals surface area contributed by atoms with Crippen molar-refractivity contribution in [3.8, 4) is 0 Å². The second kappa shape index (κ2) is 5.24. The van der Waals surface area contributed by atoms with Gasteiger partial charge in [-0.15, -0.1) is 0 Å². The molecule has 0 radical (unpaired) electrons. The minimum atomic E-state index is -0.593. The molecule has 0 aromatic carbocycles. The predicted octanol–water partition coefficient (Wildman–Crippen LogP) is -0.449. The summed E-state index contributed by atoms with van der Waals surface area (Å²) in [6, 6.07) is 0. The molecule has 0 aromatic heterocycles. The molecule has 0 aliphatic carbocycles. The molecule has 1 aliphatic heterocycles. The van der Waals surface area contributed by atoms with Crippen LogP contribution in [0, 0.1) is 0 Å². The van der Waals surface area contributed by atoms with E-state index in [0.29, 0.717) is 13.1 Å². The average molecular weight is 257 g/mol. The van der Waals surface area contributed by atoms with Crippen molar-refractivity contribution in [3.63, 3.8) is 0 Å². The van der Waals surface area contributed by atoms with Crippen LogP contribution in [0.4, 0.5) is 4.79 Å². The van der Waals surface area contributed by atoms with Gasteiger partial charge in [-0.1, -0.05) is 0 Å². The number of rotatable bonds is 2. The van der Waals surface area contributed by atoms with Gasteiger partial charge in [0.25, 0.3) is 0 Å². The van der Waals surface area contributed by atoms with Gasteiger partial charge >= 0.3 is 6.09 Å². The lowest BCUT2D eigenvalue weighted by Crippen LogP contribution is -2.54. The zero-order chi connectivity index (χ0) is 13.9. The first-order chi connectivity index (χ1) is 8.19. The highest BCUT2D eigenvalue weighted by atomic mass is 16.6. The smallest absolute Gasteiger partial charge is 0.410 e. The van der Waals surface area contributed by atoms with Gasteiger partial charge in [0.1, 0.15) is 12.1 Å². The van der Waals surface area contributed by atoms with Gasteiger partial charge in [0, 0.05) is 13.1 Å². The average Bonchev–Trinajstić information content (AvgIpc) is 2.17. The maximum Gasteiger partial charge on any atom is 0.410 e. The van der Waals surface area contributed by atoms with Gasteiger partial charge in [0.05, 0.1) is 6.54 Å². The first-order valence-corrected chi connectivity index (χ1v) is 5.73. The highest BCUT2D eigenvalue weighted by Crippen LogP contribution is 2.12. The van der Waals surface area contributed by atoms with Gasteiger partial charge in [-0.3, -0.25) is 14.5 Å². The monoisotopic (exact) mass is 257 g/mol. The number of hydrogen-bond donors (Lipinski definition) is 1. The van der Waals surface area contributed by atoms with Crippen LogP contribution >= 0.6 is 0 Å². The highest BCUT2D eigenvalue weighted by Gasteiger charge is 2.30. The summed E-state index contributed by atoms with van der Waals surface area (Å²) in [5, 5.41) is 0. The number of carbonyl (C=O) groups excluding carboxylic acids is 3. The lowest BCUT2D eigenvalue weighted by molar-refractivity contribution is -0.139. The summed E-state index contributed by atoms with van der Waals surface area (Å²) < 4.78 is 5.17. The molecule has 0 bridgehead atoms. The number of ether oxygens (including phenoxy) is 1. The van der Waals surface area contributed by atoms with Gasteiger partial charge in [0.2, 0.25) is 11.8 Å². The first kappa shape index (κ1) is 14.3. The van der Waals surface area contributed by atoms with Crippen molar-refractivity contribution in [1.29, 1.82) is 0 Å². The van der Waals surface area contributed by atoms with E-state index in [4.69, 9.17) is 10.5 Å². The van der Waals surface area contributed by atoms with Crippen LogP contribution in [0.5, 0.6) is 0 Å². The lowest BCUT2D eigenvalue weighted by Gasteiger charge is -2.34. The Morgan fingerprint density at radius 3 is 2.39 bits per heavy atom. The van der Waals surface area contributed by atoms with Gasteiger partial charge in [0.15, 0.2) is 0 Å². The molecule has 1 aliphatic rings. The summed E-state index contributed by atoms with van der Waals surface area (Å²) in [6.45, 7) is 5.72. The zero-order valence-corrected chi connectivity index (χ0v) is 10.9. The van der Waals surface area contributed by atoms with Gasteiger partial charge in [-0.05, 0) is 20.8 Å². The van der Waals surface area contributed by atoms with Crippen LogP contribution in [0.2, 0.25) is 0 Å². The number of nitrogens with zero attached hydrogens (tertiary/aromatic N) is 2. The molecule has 0 unspecified atom stereocenters. The largest absolute Gasteiger partial charge is 0.444 e. The lowest BCUT2D eigenvalue weighted by atomic mass is 10.2. The molecule has 1 saturated heterocycles. The predicted molar refractivity (Wildman–Crippen MR) is 63.6 cm³/mol. The number of piperazine rings is 1. The molecule has 1 heterocycles. The van der Waals surface area contributed by atoms with E-state index in [1.165, 1.54) is 9.80 Å². The molecule has 0 spiro atoms. The summed E-state index contributed by atoms with van der Waals surface area (Å²) in [6.07, 6.45) is -0.519. The van der Waals surface area contributed by atoms with E-state index in [0.717, 1.165) is 0 Å². The van der Waals surface area contributed by atoms with E-state index in [2.05, 4.69) is 0 Å². The molecule has 3 amide bonds. The topological polar surface area (TPSA) is 92.9 Å². The van der Waals surface area contributed by atoms with Crippen LogP contribution in [-0.2, 0) is 14.3 Å². The van der Waals surface area contributed by atoms with E-state index in [-0.39, 0.29) is 19.0 Å². The van der Waals surface area contributed by atoms with E-state index in [1.54, 1.807) is 20.8 Å². The number of hydrogen-bond acceptors (Lipinski definition) is 4. The van der Waals surface area contributed by atoms with Crippen molar-refractivity contribution in [3.05, 3.63) is 0 Å². The maximum atomic E-state index is 11.7. The normalized spacial score (nSPS) is 16.7. The molecule has 0 atom stereocenters. The van der Waals surface area contributed by atoms with E-state index in [1.807, 2.05) is 0 Å². The number of nitrogens with two attached hydrogens (primary N) is 1. The van der Waals surface area contributed by atoms with Crippen LogP contribution in [0.25, 0.3) is 0 Å². The van der Waals surface area contributed by atoms with Crippen molar-refractivity contribution in [2.24, 2.45) is 5.73 Å². The summed E-state index contributed by atoms with van der Waals surface area (Å²) in [5.74, 6) is -0.861. The molecular weight excluding hydrogens is 238 g/mol. The third-order valence-corrected chi connectivity index (χ3v) is 2.32. The highest BCUT2D eigenvalue weighted by molar-refractivity contribution is 5.87. The zero-order valence-electron chi connectivity index (χ0n) is 10.9. The van der Waals surface area contributed by atoms with E-state index in [9.17, 15) is 14.4 Å². The Morgan fingerprint density at radius 1 is 1.33 bits per heavy atom. The molecule has 1 rings (SSSR count). The van der Waals surface area contributed by atoms with Crippen LogP contribution in [-0.4, -0.2) is 59.5 Å². The Kier molecular flexibility index (Phi) is 4.15. The van der Waals surface area contributed by atoms with Gasteiger partial charge in [-0.2, -0.15) is 0 Å². The summed E-state index contributed by atoms with van der Waals surface area (Å²) >= 11 is 0. The molecular formula is C11H19N3O4.